The second-order valence-corrected chi connectivity index (χ2v) is 6.98. The van der Waals surface area contributed by atoms with Gasteiger partial charge in [-0.05, 0) is 49.7 Å². The molecule has 0 bridgehead atoms. The van der Waals surface area contributed by atoms with Gasteiger partial charge >= 0.3 is 0 Å². The number of ether oxygens (including phenoxy) is 2. The Balaban J connectivity index is 1.85. The molecular formula is C18H17BrFNO3. The Kier molecular flexibility index (Phi) is 4.49. The van der Waals surface area contributed by atoms with E-state index in [-0.39, 0.29) is 5.56 Å². The number of benzene rings is 2. The third-order valence-electron chi connectivity index (χ3n) is 3.86. The lowest BCUT2D eigenvalue weighted by atomic mass is 9.93. The van der Waals surface area contributed by atoms with Gasteiger partial charge in [-0.15, -0.1) is 0 Å². The van der Waals surface area contributed by atoms with Crippen molar-refractivity contribution >= 4 is 21.8 Å². The lowest BCUT2D eigenvalue weighted by Crippen LogP contribution is -2.41. The molecule has 0 unspecified atom stereocenters. The van der Waals surface area contributed by atoms with E-state index in [4.69, 9.17) is 9.47 Å². The molecular weight excluding hydrogens is 377 g/mol. The van der Waals surface area contributed by atoms with Crippen LogP contribution in [0.15, 0.2) is 40.9 Å². The maximum absolute atomic E-state index is 13.9. The Morgan fingerprint density at radius 3 is 2.58 bits per heavy atom. The summed E-state index contributed by atoms with van der Waals surface area (Å²) >= 11 is 3.25. The average Bonchev–Trinajstić information content (AvgIpc) is 2.56. The van der Waals surface area contributed by atoms with Gasteiger partial charge in [0, 0.05) is 4.47 Å². The highest BCUT2D eigenvalue weighted by Crippen LogP contribution is 2.34. The molecule has 1 heterocycles. The predicted molar refractivity (Wildman–Crippen MR) is 92.0 cm³/mol. The van der Waals surface area contributed by atoms with E-state index in [0.717, 1.165) is 5.56 Å². The van der Waals surface area contributed by atoms with Gasteiger partial charge in [-0.1, -0.05) is 22.0 Å². The fourth-order valence-corrected chi connectivity index (χ4v) is 2.89. The van der Waals surface area contributed by atoms with Crippen LogP contribution in [-0.2, 0) is 5.54 Å². The molecule has 24 heavy (non-hydrogen) atoms. The number of fused-ring (bicyclic) bond motifs is 1. The fraction of sp³-hybridized carbons (Fsp3) is 0.278. The molecule has 3 rings (SSSR count). The summed E-state index contributed by atoms with van der Waals surface area (Å²) in [6.07, 6.45) is 0. The molecule has 1 N–H and O–H groups in total. The van der Waals surface area contributed by atoms with Crippen molar-refractivity contribution in [2.75, 3.05) is 13.2 Å². The van der Waals surface area contributed by atoms with Crippen molar-refractivity contribution in [1.82, 2.24) is 5.32 Å². The zero-order chi connectivity index (χ0) is 17.3. The third-order valence-corrected chi connectivity index (χ3v) is 4.36. The number of hydrogen-bond acceptors (Lipinski definition) is 3. The van der Waals surface area contributed by atoms with Crippen LogP contribution in [-0.4, -0.2) is 19.1 Å². The molecule has 2 aromatic rings. The normalized spacial score (nSPS) is 13.5. The van der Waals surface area contributed by atoms with Crippen LogP contribution in [0.25, 0.3) is 0 Å². The number of halogens is 2. The minimum atomic E-state index is -0.707. The topological polar surface area (TPSA) is 47.6 Å². The first-order valence-corrected chi connectivity index (χ1v) is 8.34. The van der Waals surface area contributed by atoms with E-state index < -0.39 is 17.3 Å². The number of carbonyl (C=O) groups excluding carboxylic acids is 1. The van der Waals surface area contributed by atoms with Crippen molar-refractivity contribution in [1.29, 1.82) is 0 Å². The molecule has 0 radical (unpaired) electrons. The molecule has 126 valence electrons. The molecule has 0 aliphatic carbocycles. The Hall–Kier alpha value is -2.08. The molecule has 4 nitrogen and oxygen atoms in total. The maximum Gasteiger partial charge on any atom is 0.254 e. The van der Waals surface area contributed by atoms with Crippen molar-refractivity contribution in [2.45, 2.75) is 19.4 Å². The highest BCUT2D eigenvalue weighted by molar-refractivity contribution is 9.10. The number of rotatable bonds is 3. The van der Waals surface area contributed by atoms with Crippen LogP contribution in [0.2, 0.25) is 0 Å². The molecule has 1 amide bonds. The molecule has 0 saturated carbocycles. The third kappa shape index (κ3) is 3.38. The summed E-state index contributed by atoms with van der Waals surface area (Å²) in [4.78, 5) is 12.5. The van der Waals surface area contributed by atoms with E-state index in [2.05, 4.69) is 21.2 Å². The summed E-state index contributed by atoms with van der Waals surface area (Å²) in [6, 6.07) is 9.80. The van der Waals surface area contributed by atoms with E-state index in [1.165, 1.54) is 12.1 Å². The van der Waals surface area contributed by atoms with Gasteiger partial charge in [0.1, 0.15) is 19.0 Å². The summed E-state index contributed by atoms with van der Waals surface area (Å²) < 4.78 is 25.6. The first-order chi connectivity index (χ1) is 11.4. The molecule has 0 saturated heterocycles. The van der Waals surface area contributed by atoms with Crippen molar-refractivity contribution < 1.29 is 18.7 Å². The maximum atomic E-state index is 13.9. The van der Waals surface area contributed by atoms with Crippen LogP contribution in [0, 0.1) is 5.82 Å². The van der Waals surface area contributed by atoms with Gasteiger partial charge < -0.3 is 14.8 Å². The predicted octanol–water partition coefficient (Wildman–Crippen LogP) is 4.02. The second kappa shape index (κ2) is 6.43. The van der Waals surface area contributed by atoms with Crippen LogP contribution in [0.4, 0.5) is 4.39 Å². The highest BCUT2D eigenvalue weighted by Gasteiger charge is 2.26. The summed E-state index contributed by atoms with van der Waals surface area (Å²) in [5.74, 6) is 0.294. The number of hydrogen-bond donors (Lipinski definition) is 1. The molecule has 0 atom stereocenters. The molecule has 1 aliphatic heterocycles. The lowest BCUT2D eigenvalue weighted by molar-refractivity contribution is 0.0907. The Morgan fingerprint density at radius 1 is 1.12 bits per heavy atom. The van der Waals surface area contributed by atoms with Crippen molar-refractivity contribution in [2.24, 2.45) is 0 Å². The highest BCUT2D eigenvalue weighted by atomic mass is 79.9. The van der Waals surface area contributed by atoms with Crippen LogP contribution in [0.1, 0.15) is 29.8 Å². The van der Waals surface area contributed by atoms with E-state index in [9.17, 15) is 9.18 Å². The van der Waals surface area contributed by atoms with E-state index in [0.29, 0.717) is 29.2 Å². The van der Waals surface area contributed by atoms with Crippen LogP contribution in [0.3, 0.4) is 0 Å². The smallest absolute Gasteiger partial charge is 0.254 e. The standard InChI is InChI=1S/C18H17BrFNO3/c1-18(2,11-3-6-15-16(9-11)24-8-7-23-15)21-17(22)13-10-12(19)4-5-14(13)20/h3-6,9-10H,7-8H2,1-2H3,(H,21,22). The minimum absolute atomic E-state index is 0.00464. The summed E-state index contributed by atoms with van der Waals surface area (Å²) in [7, 11) is 0. The van der Waals surface area contributed by atoms with Crippen molar-refractivity contribution in [3.63, 3.8) is 0 Å². The Bertz CT molecular complexity index is 792. The molecule has 0 spiro atoms. The summed E-state index contributed by atoms with van der Waals surface area (Å²) in [5.41, 5.74) is 0.132. The van der Waals surface area contributed by atoms with E-state index in [1.807, 2.05) is 32.0 Å². The van der Waals surface area contributed by atoms with Gasteiger partial charge in [0.05, 0.1) is 11.1 Å². The van der Waals surface area contributed by atoms with Gasteiger partial charge in [0.25, 0.3) is 5.91 Å². The molecule has 1 aliphatic rings. The SMILES string of the molecule is CC(C)(NC(=O)c1cc(Br)ccc1F)c1ccc2c(c1)OCCO2. The van der Waals surface area contributed by atoms with Gasteiger partial charge in [0.2, 0.25) is 0 Å². The summed E-state index contributed by atoms with van der Waals surface area (Å²) in [6.45, 7) is 4.72. The monoisotopic (exact) mass is 393 g/mol. The molecule has 6 heteroatoms. The largest absolute Gasteiger partial charge is 0.486 e. The average molecular weight is 394 g/mol. The van der Waals surface area contributed by atoms with Crippen molar-refractivity contribution in [3.8, 4) is 11.5 Å². The number of nitrogens with one attached hydrogen (secondary N) is 1. The van der Waals surface area contributed by atoms with Crippen LogP contribution in [0.5, 0.6) is 11.5 Å². The van der Waals surface area contributed by atoms with Gasteiger partial charge in [0.15, 0.2) is 11.5 Å². The van der Waals surface area contributed by atoms with Crippen LogP contribution >= 0.6 is 15.9 Å². The number of carbonyl (C=O) groups is 1. The zero-order valence-electron chi connectivity index (χ0n) is 13.4. The van der Waals surface area contributed by atoms with Crippen LogP contribution < -0.4 is 14.8 Å². The van der Waals surface area contributed by atoms with E-state index >= 15 is 0 Å². The molecule has 0 aromatic heterocycles. The van der Waals surface area contributed by atoms with Gasteiger partial charge in [-0.25, -0.2) is 4.39 Å². The van der Waals surface area contributed by atoms with Gasteiger partial charge in [-0.3, -0.25) is 4.79 Å². The zero-order valence-corrected chi connectivity index (χ0v) is 14.9. The first kappa shape index (κ1) is 16.8. The van der Waals surface area contributed by atoms with Crippen molar-refractivity contribution in [3.05, 3.63) is 57.8 Å². The quantitative estimate of drug-likeness (QED) is 0.856. The summed E-state index contributed by atoms with van der Waals surface area (Å²) in [5, 5.41) is 2.87. The second-order valence-electron chi connectivity index (χ2n) is 6.06. The number of amides is 1. The minimum Gasteiger partial charge on any atom is -0.486 e. The Labute approximate surface area is 148 Å². The van der Waals surface area contributed by atoms with Gasteiger partial charge in [-0.2, -0.15) is 0 Å². The fourth-order valence-electron chi connectivity index (χ4n) is 2.53. The molecule has 2 aromatic carbocycles. The Morgan fingerprint density at radius 2 is 1.83 bits per heavy atom. The lowest BCUT2D eigenvalue weighted by Gasteiger charge is -2.29. The first-order valence-electron chi connectivity index (χ1n) is 7.54. The molecule has 0 fully saturated rings. The van der Waals surface area contributed by atoms with E-state index in [1.54, 1.807) is 6.07 Å².